The number of sulfone groups is 1. The first kappa shape index (κ1) is 10.3. The fourth-order valence-electron chi connectivity index (χ4n) is 2.00. The average Bonchev–Trinajstić information content (AvgIpc) is 2.04. The third kappa shape index (κ3) is 1.26. The maximum atomic E-state index is 11.4. The predicted octanol–water partition coefficient (Wildman–Crippen LogP) is 0.349. The van der Waals surface area contributed by atoms with Gasteiger partial charge in [-0.1, -0.05) is 0 Å². The molecule has 2 heterocycles. The van der Waals surface area contributed by atoms with Gasteiger partial charge >= 0.3 is 0 Å². The molecule has 0 radical (unpaired) electrons. The maximum Gasteiger partial charge on any atom is 0.156 e. The van der Waals surface area contributed by atoms with Gasteiger partial charge in [0, 0.05) is 0 Å². The largest absolute Gasteiger partial charge is 0.317 e. The molecule has 2 rings (SSSR count). The Morgan fingerprint density at radius 1 is 1.08 bits per heavy atom. The van der Waals surface area contributed by atoms with Gasteiger partial charge in [0.2, 0.25) is 0 Å². The molecule has 5 heteroatoms. The number of piperidine rings is 1. The average molecular weight is 212 g/mol. The maximum absolute atomic E-state index is 11.4. The highest BCUT2D eigenvalue weighted by atomic mass is 35.5. The van der Waals surface area contributed by atoms with Crippen LogP contribution in [0.25, 0.3) is 0 Å². The summed E-state index contributed by atoms with van der Waals surface area (Å²) in [6, 6.07) is 0. The van der Waals surface area contributed by atoms with Crippen LogP contribution in [0, 0.1) is 0 Å². The minimum absolute atomic E-state index is 0. The van der Waals surface area contributed by atoms with Gasteiger partial charge in [-0.2, -0.15) is 0 Å². The zero-order valence-corrected chi connectivity index (χ0v) is 8.51. The number of hydrogen-bond donors (Lipinski definition) is 1. The van der Waals surface area contributed by atoms with E-state index in [9.17, 15) is 8.42 Å². The summed E-state index contributed by atoms with van der Waals surface area (Å²) in [5.41, 5.74) is 0. The highest BCUT2D eigenvalue weighted by Crippen LogP contribution is 2.40. The smallest absolute Gasteiger partial charge is 0.156 e. The molecule has 0 aromatic heterocycles. The van der Waals surface area contributed by atoms with Crippen LogP contribution in [0.4, 0.5) is 0 Å². The Morgan fingerprint density at radius 2 is 1.67 bits per heavy atom. The summed E-state index contributed by atoms with van der Waals surface area (Å²) in [6.45, 7) is 1.75. The second kappa shape index (κ2) is 3.16. The quantitative estimate of drug-likeness (QED) is 0.629. The van der Waals surface area contributed by atoms with Crippen LogP contribution in [0.15, 0.2) is 0 Å². The van der Waals surface area contributed by atoms with Crippen molar-refractivity contribution in [1.29, 1.82) is 0 Å². The molecule has 0 bridgehead atoms. The van der Waals surface area contributed by atoms with Crippen molar-refractivity contribution in [2.45, 2.75) is 24.0 Å². The Balaban J connectivity index is 0.000000720. The van der Waals surface area contributed by atoms with Gasteiger partial charge in [-0.15, -0.1) is 12.4 Å². The predicted molar refractivity (Wildman–Crippen MR) is 50.5 cm³/mol. The third-order valence-electron chi connectivity index (χ3n) is 3.00. The second-order valence-electron chi connectivity index (χ2n) is 3.50. The van der Waals surface area contributed by atoms with Crippen LogP contribution in [-0.2, 0) is 9.84 Å². The summed E-state index contributed by atoms with van der Waals surface area (Å²) >= 11 is 0. The van der Waals surface area contributed by atoms with Crippen molar-refractivity contribution in [3.05, 3.63) is 0 Å². The molecule has 72 valence electrons. The van der Waals surface area contributed by atoms with Gasteiger partial charge in [-0.05, 0) is 32.4 Å². The van der Waals surface area contributed by atoms with Gasteiger partial charge in [0.25, 0.3) is 0 Å². The summed E-state index contributed by atoms with van der Waals surface area (Å²) in [4.78, 5) is 0. The molecule has 3 nitrogen and oxygen atoms in total. The van der Waals surface area contributed by atoms with Crippen LogP contribution in [0.5, 0.6) is 0 Å². The molecule has 2 fully saturated rings. The first-order valence-electron chi connectivity index (χ1n) is 4.09. The molecule has 1 N–H and O–H groups in total. The van der Waals surface area contributed by atoms with Gasteiger partial charge in [0.15, 0.2) is 9.84 Å². The molecule has 0 atom stereocenters. The summed E-state index contributed by atoms with van der Waals surface area (Å²) < 4.78 is 22.4. The molecule has 0 amide bonds. The van der Waals surface area contributed by atoms with Crippen molar-refractivity contribution in [2.24, 2.45) is 0 Å². The van der Waals surface area contributed by atoms with E-state index in [2.05, 4.69) is 5.32 Å². The number of halogens is 1. The number of rotatable bonds is 0. The van der Waals surface area contributed by atoms with Crippen LogP contribution in [0.3, 0.4) is 0 Å². The van der Waals surface area contributed by atoms with E-state index in [-0.39, 0.29) is 17.2 Å². The van der Waals surface area contributed by atoms with Crippen LogP contribution in [0.2, 0.25) is 0 Å². The fourth-order valence-corrected chi connectivity index (χ4v) is 3.94. The highest BCUT2D eigenvalue weighted by molar-refractivity contribution is 7.94. The standard InChI is InChI=1S/C7H13NO2S.ClH/c9-11(10)6-3-7(11)1-4-8-5-2-7;/h8H,1-6H2;1H. The van der Waals surface area contributed by atoms with Gasteiger partial charge in [0.05, 0.1) is 10.5 Å². The Labute approximate surface area is 79.2 Å². The molecule has 1 spiro atoms. The zero-order chi connectivity index (χ0) is 7.95. The Kier molecular flexibility index (Phi) is 2.71. The Bertz CT molecular complexity index is 257. The summed E-state index contributed by atoms with van der Waals surface area (Å²) in [6.07, 6.45) is 2.56. The van der Waals surface area contributed by atoms with Crippen LogP contribution in [-0.4, -0.2) is 32.0 Å². The summed E-state index contributed by atoms with van der Waals surface area (Å²) in [5.74, 6) is 0.424. The molecule has 12 heavy (non-hydrogen) atoms. The van der Waals surface area contributed by atoms with E-state index in [4.69, 9.17) is 0 Å². The van der Waals surface area contributed by atoms with E-state index >= 15 is 0 Å². The van der Waals surface area contributed by atoms with Gasteiger partial charge in [0.1, 0.15) is 0 Å². The lowest BCUT2D eigenvalue weighted by Crippen LogP contribution is -2.56. The summed E-state index contributed by atoms with van der Waals surface area (Å²) in [5, 5.41) is 3.18. The van der Waals surface area contributed by atoms with Gasteiger partial charge in [-0.25, -0.2) is 8.42 Å². The minimum Gasteiger partial charge on any atom is -0.317 e. The van der Waals surface area contributed by atoms with Gasteiger partial charge in [-0.3, -0.25) is 0 Å². The van der Waals surface area contributed by atoms with Crippen molar-refractivity contribution in [1.82, 2.24) is 5.32 Å². The lowest BCUT2D eigenvalue weighted by Gasteiger charge is -2.43. The molecule has 2 saturated heterocycles. The first-order valence-corrected chi connectivity index (χ1v) is 5.75. The second-order valence-corrected chi connectivity index (χ2v) is 6.01. The molecule has 0 aromatic rings. The molecular formula is C7H14ClNO2S. The van der Waals surface area contributed by atoms with Crippen molar-refractivity contribution in [2.75, 3.05) is 18.8 Å². The number of hydrogen-bond acceptors (Lipinski definition) is 3. The van der Waals surface area contributed by atoms with E-state index in [1.165, 1.54) is 0 Å². The van der Waals surface area contributed by atoms with Crippen molar-refractivity contribution in [3.63, 3.8) is 0 Å². The van der Waals surface area contributed by atoms with Gasteiger partial charge < -0.3 is 5.32 Å². The Morgan fingerprint density at radius 3 is 1.92 bits per heavy atom. The first-order chi connectivity index (χ1) is 5.16. The normalized spacial score (nSPS) is 30.3. The van der Waals surface area contributed by atoms with E-state index in [0.717, 1.165) is 32.4 Å². The lowest BCUT2D eigenvalue weighted by atomic mass is 9.93. The van der Waals surface area contributed by atoms with Crippen molar-refractivity contribution >= 4 is 22.2 Å². The minimum atomic E-state index is -2.68. The number of nitrogens with one attached hydrogen (secondary N) is 1. The highest BCUT2D eigenvalue weighted by Gasteiger charge is 2.51. The lowest BCUT2D eigenvalue weighted by molar-refractivity contribution is 0.350. The fraction of sp³-hybridized carbons (Fsp3) is 1.00. The Hall–Kier alpha value is 0.200. The SMILES string of the molecule is Cl.O=S1(=O)CCC12CCNCC2. The summed E-state index contributed by atoms with van der Waals surface area (Å²) in [7, 11) is -2.68. The molecule has 0 aliphatic carbocycles. The van der Waals surface area contributed by atoms with E-state index in [1.807, 2.05) is 0 Å². The molecule has 0 unspecified atom stereocenters. The van der Waals surface area contributed by atoms with Crippen LogP contribution >= 0.6 is 12.4 Å². The van der Waals surface area contributed by atoms with E-state index < -0.39 is 9.84 Å². The molecular weight excluding hydrogens is 198 g/mol. The molecule has 2 aliphatic heterocycles. The van der Waals surface area contributed by atoms with Crippen LogP contribution < -0.4 is 5.32 Å². The zero-order valence-electron chi connectivity index (χ0n) is 6.88. The van der Waals surface area contributed by atoms with E-state index in [1.54, 1.807) is 0 Å². The van der Waals surface area contributed by atoms with Crippen molar-refractivity contribution in [3.8, 4) is 0 Å². The van der Waals surface area contributed by atoms with Crippen LogP contribution in [0.1, 0.15) is 19.3 Å². The van der Waals surface area contributed by atoms with Crippen molar-refractivity contribution < 1.29 is 8.42 Å². The van der Waals surface area contributed by atoms with E-state index in [0.29, 0.717) is 5.75 Å². The monoisotopic (exact) mass is 211 g/mol. The molecule has 0 saturated carbocycles. The topological polar surface area (TPSA) is 46.2 Å². The third-order valence-corrected chi connectivity index (χ3v) is 5.67. The molecule has 0 aromatic carbocycles. The molecule has 2 aliphatic rings.